The zero-order valence-electron chi connectivity index (χ0n) is 16.0. The van der Waals surface area contributed by atoms with Gasteiger partial charge in [0.1, 0.15) is 5.75 Å². The third-order valence-corrected chi connectivity index (χ3v) is 5.90. The average molecular weight is 469 g/mol. The van der Waals surface area contributed by atoms with Crippen LogP contribution in [0, 0.1) is 6.92 Å². The standard InChI is InChI=1S/C24H21BrO3S/c1-17-15-19(11-12-23(17)28-16-24(26)27)29-14-13-20(18-7-3-2-4-8-18)21-9-5-6-10-22(21)25/h2-13,15H,14,16H2,1H3,(H,26,27). The van der Waals surface area contributed by atoms with Crippen LogP contribution >= 0.6 is 27.7 Å². The Morgan fingerprint density at radius 2 is 1.79 bits per heavy atom. The molecule has 3 aromatic rings. The molecule has 0 aromatic heterocycles. The minimum absolute atomic E-state index is 0.331. The zero-order chi connectivity index (χ0) is 20.6. The van der Waals surface area contributed by atoms with Crippen molar-refractivity contribution in [2.75, 3.05) is 12.4 Å². The summed E-state index contributed by atoms with van der Waals surface area (Å²) in [7, 11) is 0. The van der Waals surface area contributed by atoms with Gasteiger partial charge < -0.3 is 9.84 Å². The van der Waals surface area contributed by atoms with Crippen molar-refractivity contribution >= 4 is 39.2 Å². The third-order valence-electron chi connectivity index (χ3n) is 4.28. The molecule has 0 aliphatic carbocycles. The van der Waals surface area contributed by atoms with E-state index in [1.54, 1.807) is 11.8 Å². The molecular weight excluding hydrogens is 448 g/mol. The molecule has 0 aliphatic heterocycles. The number of carboxylic acid groups (broad SMARTS) is 1. The molecule has 0 heterocycles. The summed E-state index contributed by atoms with van der Waals surface area (Å²) in [6.45, 7) is 1.59. The molecule has 29 heavy (non-hydrogen) atoms. The second-order valence-electron chi connectivity index (χ2n) is 6.38. The number of hydrogen-bond donors (Lipinski definition) is 1. The topological polar surface area (TPSA) is 46.5 Å². The van der Waals surface area contributed by atoms with E-state index >= 15 is 0 Å². The number of rotatable bonds is 8. The highest BCUT2D eigenvalue weighted by Crippen LogP contribution is 2.31. The Balaban J connectivity index is 1.78. The van der Waals surface area contributed by atoms with E-state index in [9.17, 15) is 4.79 Å². The highest BCUT2D eigenvalue weighted by Gasteiger charge is 2.09. The summed E-state index contributed by atoms with van der Waals surface area (Å²) in [5.74, 6) is 0.430. The highest BCUT2D eigenvalue weighted by atomic mass is 79.9. The molecule has 148 valence electrons. The normalized spacial score (nSPS) is 11.3. The maximum atomic E-state index is 10.7. The Labute approximate surface area is 183 Å². The number of aryl methyl sites for hydroxylation is 1. The van der Waals surface area contributed by atoms with Crippen molar-refractivity contribution in [1.82, 2.24) is 0 Å². The monoisotopic (exact) mass is 468 g/mol. The van der Waals surface area contributed by atoms with Crippen molar-refractivity contribution in [3.63, 3.8) is 0 Å². The number of thioether (sulfide) groups is 1. The zero-order valence-corrected chi connectivity index (χ0v) is 18.4. The lowest BCUT2D eigenvalue weighted by atomic mass is 9.98. The number of halogens is 1. The van der Waals surface area contributed by atoms with Crippen LogP contribution in [0.5, 0.6) is 5.75 Å². The van der Waals surface area contributed by atoms with Crippen LogP contribution < -0.4 is 4.74 Å². The molecule has 0 aliphatic rings. The van der Waals surface area contributed by atoms with Gasteiger partial charge in [-0.25, -0.2) is 4.79 Å². The fraction of sp³-hybridized carbons (Fsp3) is 0.125. The lowest BCUT2D eigenvalue weighted by molar-refractivity contribution is -0.139. The first kappa shape index (κ1) is 21.2. The van der Waals surface area contributed by atoms with Crippen molar-refractivity contribution in [3.8, 4) is 5.75 Å². The molecule has 0 amide bonds. The SMILES string of the molecule is Cc1cc(SCC=C(c2ccccc2)c2ccccc2Br)ccc1OCC(=O)O. The van der Waals surface area contributed by atoms with Gasteiger partial charge in [-0.2, -0.15) is 0 Å². The van der Waals surface area contributed by atoms with Gasteiger partial charge in [0.2, 0.25) is 0 Å². The van der Waals surface area contributed by atoms with Gasteiger partial charge in [-0.15, -0.1) is 11.8 Å². The molecule has 5 heteroatoms. The lowest BCUT2D eigenvalue weighted by Gasteiger charge is -2.11. The quantitative estimate of drug-likeness (QED) is 0.386. The van der Waals surface area contributed by atoms with Crippen LogP contribution in [-0.2, 0) is 4.79 Å². The van der Waals surface area contributed by atoms with E-state index < -0.39 is 5.97 Å². The minimum atomic E-state index is -0.978. The van der Waals surface area contributed by atoms with Crippen LogP contribution in [0.1, 0.15) is 16.7 Å². The lowest BCUT2D eigenvalue weighted by Crippen LogP contribution is -2.09. The van der Waals surface area contributed by atoms with E-state index in [0.29, 0.717) is 5.75 Å². The number of hydrogen-bond acceptors (Lipinski definition) is 3. The average Bonchev–Trinajstić information content (AvgIpc) is 2.72. The van der Waals surface area contributed by atoms with Gasteiger partial charge in [-0.3, -0.25) is 0 Å². The maximum absolute atomic E-state index is 10.7. The van der Waals surface area contributed by atoms with Crippen molar-refractivity contribution in [3.05, 3.63) is 100 Å². The second kappa shape index (κ2) is 10.3. The molecule has 3 nitrogen and oxygen atoms in total. The Morgan fingerprint density at radius 1 is 1.07 bits per heavy atom. The van der Waals surface area contributed by atoms with Gasteiger partial charge in [0.15, 0.2) is 6.61 Å². The van der Waals surface area contributed by atoms with Crippen LogP contribution in [0.3, 0.4) is 0 Å². The van der Waals surface area contributed by atoms with Crippen LogP contribution in [-0.4, -0.2) is 23.4 Å². The molecule has 3 rings (SSSR count). The molecular formula is C24H21BrO3S. The van der Waals surface area contributed by atoms with E-state index in [4.69, 9.17) is 9.84 Å². The van der Waals surface area contributed by atoms with E-state index in [-0.39, 0.29) is 6.61 Å². The van der Waals surface area contributed by atoms with Crippen LogP contribution in [0.2, 0.25) is 0 Å². The Morgan fingerprint density at radius 3 is 2.48 bits per heavy atom. The highest BCUT2D eigenvalue weighted by molar-refractivity contribution is 9.10. The molecule has 3 aromatic carbocycles. The number of aliphatic carboxylic acids is 1. The van der Waals surface area contributed by atoms with E-state index in [1.165, 1.54) is 11.1 Å². The molecule has 0 fully saturated rings. The van der Waals surface area contributed by atoms with Crippen molar-refractivity contribution in [1.29, 1.82) is 0 Å². The molecule has 0 saturated heterocycles. The molecule has 0 spiro atoms. The summed E-state index contributed by atoms with van der Waals surface area (Å²) in [5, 5.41) is 8.76. The van der Waals surface area contributed by atoms with Crippen LogP contribution in [0.25, 0.3) is 5.57 Å². The summed E-state index contributed by atoms with van der Waals surface area (Å²) in [6, 6.07) is 24.4. The largest absolute Gasteiger partial charge is 0.482 e. The van der Waals surface area contributed by atoms with Gasteiger partial charge in [0.05, 0.1) is 0 Å². The van der Waals surface area contributed by atoms with Gasteiger partial charge in [0, 0.05) is 15.1 Å². The first-order chi connectivity index (χ1) is 14.0. The number of ether oxygens (including phenoxy) is 1. The van der Waals surface area contributed by atoms with E-state index in [0.717, 1.165) is 26.2 Å². The van der Waals surface area contributed by atoms with Crippen molar-refractivity contribution in [2.45, 2.75) is 11.8 Å². The minimum Gasteiger partial charge on any atom is -0.482 e. The Bertz CT molecular complexity index is 1020. The summed E-state index contributed by atoms with van der Waals surface area (Å²) in [4.78, 5) is 11.8. The fourth-order valence-electron chi connectivity index (χ4n) is 2.91. The Hall–Kier alpha value is -2.50. The van der Waals surface area contributed by atoms with E-state index in [1.807, 2.05) is 55.5 Å². The molecule has 1 N–H and O–H groups in total. The van der Waals surface area contributed by atoms with Gasteiger partial charge in [-0.05, 0) is 53.5 Å². The van der Waals surface area contributed by atoms with Crippen molar-refractivity contribution in [2.24, 2.45) is 0 Å². The summed E-state index contributed by atoms with van der Waals surface area (Å²) in [5.41, 5.74) is 4.44. The predicted molar refractivity (Wildman–Crippen MR) is 123 cm³/mol. The predicted octanol–water partition coefficient (Wildman–Crippen LogP) is 6.44. The molecule has 0 bridgehead atoms. The van der Waals surface area contributed by atoms with Gasteiger partial charge in [0.25, 0.3) is 0 Å². The smallest absolute Gasteiger partial charge is 0.341 e. The van der Waals surface area contributed by atoms with Gasteiger partial charge in [-0.1, -0.05) is 70.5 Å². The number of benzene rings is 3. The Kier molecular flexibility index (Phi) is 7.55. The molecule has 0 saturated carbocycles. The third kappa shape index (κ3) is 5.99. The number of carboxylic acids is 1. The number of carbonyl (C=O) groups is 1. The second-order valence-corrected chi connectivity index (χ2v) is 8.33. The molecule has 0 unspecified atom stereocenters. The van der Waals surface area contributed by atoms with Gasteiger partial charge >= 0.3 is 5.97 Å². The molecule has 0 atom stereocenters. The fourth-order valence-corrected chi connectivity index (χ4v) is 4.28. The van der Waals surface area contributed by atoms with Crippen molar-refractivity contribution < 1.29 is 14.6 Å². The molecule has 0 radical (unpaired) electrons. The first-order valence-corrected chi connectivity index (χ1v) is 10.9. The summed E-state index contributed by atoms with van der Waals surface area (Å²) < 4.78 is 6.36. The van der Waals surface area contributed by atoms with Crippen LogP contribution in [0.15, 0.2) is 88.2 Å². The summed E-state index contributed by atoms with van der Waals surface area (Å²) in [6.07, 6.45) is 2.24. The first-order valence-electron chi connectivity index (χ1n) is 9.13. The maximum Gasteiger partial charge on any atom is 0.341 e. The summed E-state index contributed by atoms with van der Waals surface area (Å²) >= 11 is 5.40. The van der Waals surface area contributed by atoms with E-state index in [2.05, 4.69) is 46.3 Å². The van der Waals surface area contributed by atoms with Crippen LogP contribution in [0.4, 0.5) is 0 Å².